The quantitative estimate of drug-likeness (QED) is 0.403. The van der Waals surface area contributed by atoms with Crippen LogP contribution in [0.3, 0.4) is 0 Å². The Balaban J connectivity index is 1.26. The third-order valence-corrected chi connectivity index (χ3v) is 5.72. The highest BCUT2D eigenvalue weighted by Gasteiger charge is 2.27. The molecule has 1 amide bonds. The first-order valence-electron chi connectivity index (χ1n) is 10.8. The molecule has 0 radical (unpaired) electrons. The van der Waals surface area contributed by atoms with Gasteiger partial charge in [0.1, 0.15) is 23.0 Å². The number of ether oxygens (including phenoxy) is 1. The first kappa shape index (κ1) is 22.3. The molecule has 0 bridgehead atoms. The summed E-state index contributed by atoms with van der Waals surface area (Å²) in [6.45, 7) is 1.59. The van der Waals surface area contributed by atoms with Crippen molar-refractivity contribution in [3.05, 3.63) is 94.3 Å². The first-order valence-corrected chi connectivity index (χ1v) is 10.8. The van der Waals surface area contributed by atoms with Crippen LogP contribution in [0.5, 0.6) is 11.5 Å². The molecule has 1 heterocycles. The van der Waals surface area contributed by atoms with Crippen molar-refractivity contribution in [1.82, 2.24) is 5.32 Å². The Bertz CT molecular complexity index is 1110. The molecule has 0 aliphatic carbocycles. The lowest BCUT2D eigenvalue weighted by Crippen LogP contribution is -2.40. The Morgan fingerprint density at radius 1 is 1.00 bits per heavy atom. The Morgan fingerprint density at radius 3 is 2.24 bits per heavy atom. The monoisotopic (exact) mass is 449 g/mol. The number of para-hydroxylation sites is 2. The summed E-state index contributed by atoms with van der Waals surface area (Å²) in [6.07, 6.45) is 1.28. The van der Waals surface area contributed by atoms with Crippen molar-refractivity contribution >= 4 is 17.3 Å². The Hall–Kier alpha value is -3.94. The second-order valence-corrected chi connectivity index (χ2v) is 7.92. The van der Waals surface area contributed by atoms with Crippen molar-refractivity contribution in [3.63, 3.8) is 0 Å². The number of amides is 1. The van der Waals surface area contributed by atoms with Crippen LogP contribution in [0, 0.1) is 21.8 Å². The summed E-state index contributed by atoms with van der Waals surface area (Å²) in [4.78, 5) is 25.5. The molecule has 0 unspecified atom stereocenters. The molecule has 0 spiro atoms. The molecule has 7 nitrogen and oxygen atoms in total. The second-order valence-electron chi connectivity index (χ2n) is 7.92. The van der Waals surface area contributed by atoms with Crippen molar-refractivity contribution in [3.8, 4) is 11.5 Å². The van der Waals surface area contributed by atoms with Crippen LogP contribution in [0.2, 0.25) is 0 Å². The summed E-state index contributed by atoms with van der Waals surface area (Å²) in [7, 11) is 0. The zero-order valence-electron chi connectivity index (χ0n) is 17.9. The van der Waals surface area contributed by atoms with Crippen LogP contribution in [0.15, 0.2) is 72.8 Å². The second kappa shape index (κ2) is 10.1. The molecule has 1 aliphatic heterocycles. The fourth-order valence-corrected chi connectivity index (χ4v) is 3.92. The van der Waals surface area contributed by atoms with E-state index in [1.54, 1.807) is 42.5 Å². The summed E-state index contributed by atoms with van der Waals surface area (Å²) in [5, 5.41) is 14.3. The molecule has 170 valence electrons. The van der Waals surface area contributed by atoms with E-state index >= 15 is 0 Å². The number of rotatable bonds is 7. The lowest BCUT2D eigenvalue weighted by atomic mass is 9.95. The summed E-state index contributed by atoms with van der Waals surface area (Å²) in [5.74, 6) is 0.720. The van der Waals surface area contributed by atoms with Crippen LogP contribution in [-0.4, -0.2) is 23.9 Å². The molecular weight excluding hydrogens is 425 g/mol. The van der Waals surface area contributed by atoms with Gasteiger partial charge in [0.15, 0.2) is 0 Å². The maximum atomic E-state index is 13.0. The summed E-state index contributed by atoms with van der Waals surface area (Å²) < 4.78 is 18.7. The van der Waals surface area contributed by atoms with Gasteiger partial charge in [-0.3, -0.25) is 14.9 Å². The van der Waals surface area contributed by atoms with Crippen LogP contribution in [0.25, 0.3) is 0 Å². The summed E-state index contributed by atoms with van der Waals surface area (Å²) in [6, 6.07) is 19.8. The van der Waals surface area contributed by atoms with Gasteiger partial charge in [-0.05, 0) is 60.9 Å². The van der Waals surface area contributed by atoms with E-state index < -0.39 is 0 Å². The fourth-order valence-electron chi connectivity index (χ4n) is 3.92. The molecular formula is C25H24FN3O4. The molecule has 3 aromatic rings. The number of nitrogens with zero attached hydrogens (tertiary/aromatic N) is 2. The number of nitro groups is 1. The van der Waals surface area contributed by atoms with Gasteiger partial charge in [-0.25, -0.2) is 4.39 Å². The van der Waals surface area contributed by atoms with Crippen LogP contribution in [0.1, 0.15) is 18.4 Å². The minimum atomic E-state index is -0.371. The normalized spacial score (nSPS) is 14.0. The van der Waals surface area contributed by atoms with Gasteiger partial charge in [-0.2, -0.15) is 0 Å². The van der Waals surface area contributed by atoms with Gasteiger partial charge in [0.2, 0.25) is 5.91 Å². The van der Waals surface area contributed by atoms with E-state index in [9.17, 15) is 19.3 Å². The zero-order valence-corrected chi connectivity index (χ0v) is 17.9. The molecule has 3 aromatic carbocycles. The molecule has 0 saturated carbocycles. The molecule has 1 N–H and O–H groups in total. The molecule has 0 atom stereocenters. The Kier molecular flexibility index (Phi) is 6.83. The number of halogens is 1. The van der Waals surface area contributed by atoms with Gasteiger partial charge in [0, 0.05) is 31.6 Å². The van der Waals surface area contributed by atoms with Crippen LogP contribution in [-0.2, 0) is 11.3 Å². The predicted octanol–water partition coefficient (Wildman–Crippen LogP) is 5.06. The van der Waals surface area contributed by atoms with Gasteiger partial charge >= 0.3 is 0 Å². The highest BCUT2D eigenvalue weighted by atomic mass is 19.1. The van der Waals surface area contributed by atoms with E-state index in [2.05, 4.69) is 5.32 Å². The number of nitro benzene ring substituents is 1. The number of nitrogens with one attached hydrogen (secondary N) is 1. The van der Waals surface area contributed by atoms with Crippen molar-refractivity contribution in [2.75, 3.05) is 18.0 Å². The highest BCUT2D eigenvalue weighted by Crippen LogP contribution is 2.31. The number of benzene rings is 3. The average molecular weight is 449 g/mol. The van der Waals surface area contributed by atoms with Crippen molar-refractivity contribution in [2.45, 2.75) is 19.4 Å². The lowest BCUT2D eigenvalue weighted by molar-refractivity contribution is -0.384. The summed E-state index contributed by atoms with van der Waals surface area (Å²) in [5.41, 5.74) is 1.63. The number of carbonyl (C=O) groups is 1. The number of anilines is 1. The first-order chi connectivity index (χ1) is 16.0. The van der Waals surface area contributed by atoms with E-state index in [-0.39, 0.29) is 28.3 Å². The maximum Gasteiger partial charge on any atom is 0.292 e. The SMILES string of the molecule is O=C(NCc1ccc(Oc2ccc(F)cc2)cc1)C1CCN(c2ccccc2[N+](=O)[O-])CC1. The van der Waals surface area contributed by atoms with E-state index in [0.29, 0.717) is 49.7 Å². The molecule has 4 rings (SSSR count). The Labute approximate surface area is 190 Å². The zero-order chi connectivity index (χ0) is 23.2. The van der Waals surface area contributed by atoms with Gasteiger partial charge < -0.3 is 15.0 Å². The van der Waals surface area contributed by atoms with E-state index in [1.807, 2.05) is 17.0 Å². The third kappa shape index (κ3) is 5.65. The van der Waals surface area contributed by atoms with Gasteiger partial charge in [-0.1, -0.05) is 24.3 Å². The predicted molar refractivity (Wildman–Crippen MR) is 123 cm³/mol. The molecule has 33 heavy (non-hydrogen) atoms. The standard InChI is InChI=1S/C25H24FN3O4/c26-20-7-11-22(12-8-20)33-21-9-5-18(6-10-21)17-27-25(30)19-13-15-28(16-14-19)23-3-1-2-4-24(23)29(31)32/h1-12,19H,13-17H2,(H,27,30). The van der Waals surface area contributed by atoms with E-state index in [4.69, 9.17) is 4.74 Å². The minimum absolute atomic E-state index is 0.0103. The highest BCUT2D eigenvalue weighted by molar-refractivity contribution is 5.79. The summed E-state index contributed by atoms with van der Waals surface area (Å²) >= 11 is 0. The van der Waals surface area contributed by atoms with E-state index in [0.717, 1.165) is 5.56 Å². The number of carbonyl (C=O) groups excluding carboxylic acids is 1. The van der Waals surface area contributed by atoms with Gasteiger partial charge in [0.25, 0.3) is 5.69 Å². The molecule has 0 aromatic heterocycles. The Morgan fingerprint density at radius 2 is 1.61 bits per heavy atom. The minimum Gasteiger partial charge on any atom is -0.457 e. The molecule has 1 aliphatic rings. The van der Waals surface area contributed by atoms with Crippen molar-refractivity contribution in [1.29, 1.82) is 0 Å². The van der Waals surface area contributed by atoms with Crippen LogP contribution in [0.4, 0.5) is 15.8 Å². The van der Waals surface area contributed by atoms with Crippen LogP contribution >= 0.6 is 0 Å². The molecule has 1 saturated heterocycles. The lowest BCUT2D eigenvalue weighted by Gasteiger charge is -2.32. The smallest absolute Gasteiger partial charge is 0.292 e. The van der Waals surface area contributed by atoms with E-state index in [1.165, 1.54) is 18.2 Å². The number of hydrogen-bond acceptors (Lipinski definition) is 5. The third-order valence-electron chi connectivity index (χ3n) is 5.72. The average Bonchev–Trinajstić information content (AvgIpc) is 2.85. The van der Waals surface area contributed by atoms with Crippen molar-refractivity contribution < 1.29 is 18.8 Å². The van der Waals surface area contributed by atoms with Gasteiger partial charge in [0.05, 0.1) is 4.92 Å². The molecule has 1 fully saturated rings. The number of hydrogen-bond donors (Lipinski definition) is 1. The number of piperidine rings is 1. The van der Waals surface area contributed by atoms with Crippen molar-refractivity contribution in [2.24, 2.45) is 5.92 Å². The fraction of sp³-hybridized carbons (Fsp3) is 0.240. The molecule has 8 heteroatoms. The topological polar surface area (TPSA) is 84.7 Å². The van der Waals surface area contributed by atoms with Gasteiger partial charge in [-0.15, -0.1) is 0 Å². The maximum absolute atomic E-state index is 13.0. The van der Waals surface area contributed by atoms with Crippen LogP contribution < -0.4 is 15.0 Å². The largest absolute Gasteiger partial charge is 0.457 e.